The molecule has 1 saturated heterocycles. The highest BCUT2D eigenvalue weighted by molar-refractivity contribution is 5.89. The molecule has 0 saturated carbocycles. The zero-order valence-electron chi connectivity index (χ0n) is 16.5. The molecule has 27 heavy (non-hydrogen) atoms. The summed E-state index contributed by atoms with van der Waals surface area (Å²) in [5, 5.41) is 3.03. The van der Waals surface area contributed by atoms with E-state index in [9.17, 15) is 4.79 Å². The number of carbonyl (C=O) groups is 1. The summed E-state index contributed by atoms with van der Waals surface area (Å²) in [7, 11) is 1.71. The fourth-order valence-electron chi connectivity index (χ4n) is 3.61. The maximum absolute atomic E-state index is 12.5. The van der Waals surface area contributed by atoms with E-state index < -0.39 is 0 Å². The Kier molecular flexibility index (Phi) is 6.35. The van der Waals surface area contributed by atoms with Crippen molar-refractivity contribution in [2.45, 2.75) is 20.3 Å². The van der Waals surface area contributed by atoms with E-state index in [0.717, 1.165) is 61.7 Å². The van der Waals surface area contributed by atoms with Crippen LogP contribution in [0.15, 0.2) is 42.5 Å². The highest BCUT2D eigenvalue weighted by atomic mass is 16.5. The van der Waals surface area contributed by atoms with E-state index >= 15 is 0 Å². The molecule has 1 aliphatic rings. The van der Waals surface area contributed by atoms with E-state index in [1.807, 2.05) is 49.1 Å². The second-order valence-electron chi connectivity index (χ2n) is 7.20. The van der Waals surface area contributed by atoms with E-state index in [2.05, 4.69) is 22.3 Å². The molecule has 1 aliphatic heterocycles. The number of amides is 2. The van der Waals surface area contributed by atoms with Crippen molar-refractivity contribution >= 4 is 11.7 Å². The van der Waals surface area contributed by atoms with Crippen LogP contribution in [-0.2, 0) is 6.42 Å². The standard InChI is InChI=1S/C22H29N3O2/c1-17-14-18(2)16-20(15-17)23-22(26)25-12-10-24(11-13-25)9-8-19-6-4-5-7-21(19)27-3/h4-7,14-16H,8-13H2,1-3H3,(H,23,26). The number of hydrogen-bond acceptors (Lipinski definition) is 3. The molecule has 2 aromatic carbocycles. The van der Waals surface area contributed by atoms with Crippen molar-refractivity contribution in [1.29, 1.82) is 0 Å². The first-order chi connectivity index (χ1) is 13.0. The molecule has 144 valence electrons. The summed E-state index contributed by atoms with van der Waals surface area (Å²) in [5.74, 6) is 0.948. The predicted molar refractivity (Wildman–Crippen MR) is 110 cm³/mol. The van der Waals surface area contributed by atoms with E-state index in [4.69, 9.17) is 4.74 Å². The number of piperazine rings is 1. The van der Waals surface area contributed by atoms with Crippen LogP contribution in [0.5, 0.6) is 5.75 Å². The largest absolute Gasteiger partial charge is 0.496 e. The molecule has 5 nitrogen and oxygen atoms in total. The Morgan fingerprint density at radius 1 is 1.04 bits per heavy atom. The molecule has 5 heteroatoms. The van der Waals surface area contributed by atoms with Crippen LogP contribution >= 0.6 is 0 Å². The summed E-state index contributed by atoms with van der Waals surface area (Å²) in [5.41, 5.74) is 4.42. The third kappa shape index (κ3) is 5.23. The minimum atomic E-state index is -0.00983. The number of benzene rings is 2. The number of para-hydroxylation sites is 1. The van der Waals surface area contributed by atoms with Crippen molar-refractivity contribution in [3.63, 3.8) is 0 Å². The third-order valence-electron chi connectivity index (χ3n) is 5.02. The summed E-state index contributed by atoms with van der Waals surface area (Å²) < 4.78 is 5.43. The molecule has 1 heterocycles. The first-order valence-electron chi connectivity index (χ1n) is 9.53. The highest BCUT2D eigenvalue weighted by Gasteiger charge is 2.21. The van der Waals surface area contributed by atoms with Crippen LogP contribution in [0.2, 0.25) is 0 Å². The smallest absolute Gasteiger partial charge is 0.321 e. The van der Waals surface area contributed by atoms with Crippen LogP contribution in [-0.4, -0.2) is 55.7 Å². The van der Waals surface area contributed by atoms with Crippen LogP contribution in [0.1, 0.15) is 16.7 Å². The Hall–Kier alpha value is -2.53. The van der Waals surface area contributed by atoms with Crippen molar-refractivity contribution in [1.82, 2.24) is 9.80 Å². The van der Waals surface area contributed by atoms with Gasteiger partial charge in [0.05, 0.1) is 7.11 Å². The molecule has 0 radical (unpaired) electrons. The maximum Gasteiger partial charge on any atom is 0.321 e. The van der Waals surface area contributed by atoms with Gasteiger partial charge in [0.2, 0.25) is 0 Å². The van der Waals surface area contributed by atoms with Crippen LogP contribution < -0.4 is 10.1 Å². The molecule has 3 rings (SSSR count). The molecule has 0 aliphatic carbocycles. The molecule has 0 spiro atoms. The van der Waals surface area contributed by atoms with Gasteiger partial charge in [0.1, 0.15) is 5.75 Å². The van der Waals surface area contributed by atoms with Gasteiger partial charge < -0.3 is 15.0 Å². The predicted octanol–water partition coefficient (Wildman–Crippen LogP) is 3.70. The van der Waals surface area contributed by atoms with Crippen LogP contribution in [0, 0.1) is 13.8 Å². The zero-order chi connectivity index (χ0) is 19.2. The topological polar surface area (TPSA) is 44.8 Å². The zero-order valence-corrected chi connectivity index (χ0v) is 16.5. The molecule has 1 fully saturated rings. The molecule has 0 bridgehead atoms. The van der Waals surface area contributed by atoms with E-state index in [1.54, 1.807) is 7.11 Å². The lowest BCUT2D eigenvalue weighted by atomic mass is 10.1. The van der Waals surface area contributed by atoms with Gasteiger partial charge in [0.25, 0.3) is 0 Å². The number of carbonyl (C=O) groups excluding carboxylic acids is 1. The van der Waals surface area contributed by atoms with E-state index in [-0.39, 0.29) is 6.03 Å². The normalized spacial score (nSPS) is 14.9. The number of nitrogens with one attached hydrogen (secondary N) is 1. The monoisotopic (exact) mass is 367 g/mol. The van der Waals surface area contributed by atoms with Gasteiger partial charge in [-0.2, -0.15) is 0 Å². The summed E-state index contributed by atoms with van der Waals surface area (Å²) in [6.45, 7) is 8.37. The number of aryl methyl sites for hydroxylation is 2. The average molecular weight is 367 g/mol. The summed E-state index contributed by atoms with van der Waals surface area (Å²) in [4.78, 5) is 16.8. The first kappa shape index (κ1) is 19.2. The minimum absolute atomic E-state index is 0.00983. The quantitative estimate of drug-likeness (QED) is 0.876. The molecule has 2 aromatic rings. The van der Waals surface area contributed by atoms with Gasteiger partial charge in [-0.15, -0.1) is 0 Å². The molecule has 0 aromatic heterocycles. The lowest BCUT2D eigenvalue weighted by Gasteiger charge is -2.34. The van der Waals surface area contributed by atoms with Gasteiger partial charge in [-0.3, -0.25) is 4.90 Å². The van der Waals surface area contributed by atoms with Crippen molar-refractivity contribution in [2.24, 2.45) is 0 Å². The lowest BCUT2D eigenvalue weighted by molar-refractivity contribution is 0.148. The molecule has 0 unspecified atom stereocenters. The van der Waals surface area contributed by atoms with Crippen molar-refractivity contribution in [2.75, 3.05) is 45.2 Å². The first-order valence-corrected chi connectivity index (χ1v) is 9.53. The van der Waals surface area contributed by atoms with Crippen molar-refractivity contribution < 1.29 is 9.53 Å². The summed E-state index contributed by atoms with van der Waals surface area (Å²) >= 11 is 0. The van der Waals surface area contributed by atoms with E-state index in [1.165, 1.54) is 5.56 Å². The second kappa shape index (κ2) is 8.91. The minimum Gasteiger partial charge on any atom is -0.496 e. The average Bonchev–Trinajstić information content (AvgIpc) is 2.66. The van der Waals surface area contributed by atoms with Gasteiger partial charge in [-0.1, -0.05) is 24.3 Å². The van der Waals surface area contributed by atoms with Gasteiger partial charge >= 0.3 is 6.03 Å². The van der Waals surface area contributed by atoms with Crippen molar-refractivity contribution in [3.8, 4) is 5.75 Å². The Morgan fingerprint density at radius 2 is 1.70 bits per heavy atom. The number of nitrogens with zero attached hydrogens (tertiary/aromatic N) is 2. The number of hydrogen-bond donors (Lipinski definition) is 1. The van der Waals surface area contributed by atoms with Gasteiger partial charge in [-0.05, 0) is 55.2 Å². The highest BCUT2D eigenvalue weighted by Crippen LogP contribution is 2.19. The van der Waals surface area contributed by atoms with Gasteiger partial charge in [0, 0.05) is 38.4 Å². The lowest BCUT2D eigenvalue weighted by Crippen LogP contribution is -2.50. The van der Waals surface area contributed by atoms with Gasteiger partial charge in [0.15, 0.2) is 0 Å². The summed E-state index contributed by atoms with van der Waals surface area (Å²) in [6, 6.07) is 14.3. The number of ether oxygens (including phenoxy) is 1. The SMILES string of the molecule is COc1ccccc1CCN1CCN(C(=O)Nc2cc(C)cc(C)c2)CC1. The fraction of sp³-hybridized carbons (Fsp3) is 0.409. The third-order valence-corrected chi connectivity index (χ3v) is 5.02. The number of methoxy groups -OCH3 is 1. The molecular formula is C22H29N3O2. The number of anilines is 1. The van der Waals surface area contributed by atoms with Crippen molar-refractivity contribution in [3.05, 3.63) is 59.2 Å². The second-order valence-corrected chi connectivity index (χ2v) is 7.20. The Labute approximate surface area is 161 Å². The maximum atomic E-state index is 12.5. The summed E-state index contributed by atoms with van der Waals surface area (Å²) in [6.07, 6.45) is 0.957. The fourth-order valence-corrected chi connectivity index (χ4v) is 3.61. The number of rotatable bonds is 5. The molecule has 0 atom stereocenters. The molecule has 2 amide bonds. The molecule has 1 N–H and O–H groups in total. The van der Waals surface area contributed by atoms with Crippen LogP contribution in [0.3, 0.4) is 0 Å². The van der Waals surface area contributed by atoms with E-state index in [0.29, 0.717) is 0 Å². The van der Waals surface area contributed by atoms with Gasteiger partial charge in [-0.25, -0.2) is 4.79 Å². The Morgan fingerprint density at radius 3 is 2.37 bits per heavy atom. The Bertz CT molecular complexity index is 763. The Balaban J connectivity index is 1.47. The van der Waals surface area contributed by atoms with Crippen LogP contribution in [0.25, 0.3) is 0 Å². The number of urea groups is 1. The van der Waals surface area contributed by atoms with Crippen LogP contribution in [0.4, 0.5) is 10.5 Å². The molecular weight excluding hydrogens is 338 g/mol.